The highest BCUT2D eigenvalue weighted by molar-refractivity contribution is 9.09. The van der Waals surface area contributed by atoms with Gasteiger partial charge in [-0.15, -0.1) is 0 Å². The minimum Gasteiger partial charge on any atom is -0.457 e. The smallest absolute Gasteiger partial charge is 0.233 e. The van der Waals surface area contributed by atoms with Crippen LogP contribution in [-0.2, 0) is 4.79 Å². The van der Waals surface area contributed by atoms with Crippen LogP contribution in [0.15, 0.2) is 61.1 Å². The Labute approximate surface area is 233 Å². The predicted molar refractivity (Wildman–Crippen MR) is 152 cm³/mol. The summed E-state index contributed by atoms with van der Waals surface area (Å²) in [5.74, 6) is 1.58. The first-order valence-electron chi connectivity index (χ1n) is 12.5. The fourth-order valence-electron chi connectivity index (χ4n) is 4.80. The Morgan fingerprint density at radius 3 is 2.71 bits per heavy atom. The average Bonchev–Trinajstić information content (AvgIpc) is 3.24. The molecule has 1 unspecified atom stereocenters. The summed E-state index contributed by atoms with van der Waals surface area (Å²) in [4.78, 5) is 39.9. The third-order valence-electron chi connectivity index (χ3n) is 6.70. The molecule has 8 nitrogen and oxygen atoms in total. The molecule has 1 aliphatic rings. The Morgan fingerprint density at radius 2 is 1.92 bits per heavy atom. The van der Waals surface area contributed by atoms with E-state index in [-0.39, 0.29) is 22.8 Å². The molecule has 1 atom stereocenters. The number of fused-ring (bicyclic) bond motifs is 1. The van der Waals surface area contributed by atoms with Gasteiger partial charge in [0.1, 0.15) is 29.3 Å². The number of nitrogens with one attached hydrogen (secondary N) is 2. The molecule has 0 saturated carbocycles. The van der Waals surface area contributed by atoms with Crippen molar-refractivity contribution >= 4 is 56.1 Å². The van der Waals surface area contributed by atoms with Crippen molar-refractivity contribution in [1.29, 1.82) is 0 Å². The molecule has 196 valence electrons. The normalized spacial score (nSPS) is 15.7. The molecule has 5 rings (SSSR count). The van der Waals surface area contributed by atoms with Gasteiger partial charge in [0.15, 0.2) is 5.78 Å². The van der Waals surface area contributed by atoms with Crippen molar-refractivity contribution in [2.75, 3.05) is 23.7 Å². The second kappa shape index (κ2) is 12.0. The van der Waals surface area contributed by atoms with Crippen molar-refractivity contribution in [2.24, 2.45) is 0 Å². The summed E-state index contributed by atoms with van der Waals surface area (Å²) in [5, 5.41) is 4.56. The number of ketones is 1. The van der Waals surface area contributed by atoms with Gasteiger partial charge >= 0.3 is 0 Å². The van der Waals surface area contributed by atoms with Crippen LogP contribution in [0.25, 0.3) is 11.0 Å². The fourth-order valence-corrected chi connectivity index (χ4v) is 5.38. The minimum atomic E-state index is -0.254. The quantitative estimate of drug-likeness (QED) is 0.185. The number of H-pyrrole nitrogens is 1. The number of amides is 1. The van der Waals surface area contributed by atoms with E-state index < -0.39 is 0 Å². The molecule has 1 fully saturated rings. The molecule has 2 N–H and O–H groups in total. The Morgan fingerprint density at radius 1 is 1.08 bits per heavy atom. The number of alkyl halides is 1. The molecular weight excluding hydrogens is 570 g/mol. The van der Waals surface area contributed by atoms with E-state index in [9.17, 15) is 9.59 Å². The van der Waals surface area contributed by atoms with Crippen molar-refractivity contribution in [1.82, 2.24) is 19.9 Å². The van der Waals surface area contributed by atoms with Crippen LogP contribution < -0.4 is 10.1 Å². The number of aromatic nitrogens is 3. The number of carbonyl (C=O) groups excluding carboxylic acids is 2. The number of anilines is 1. The third-order valence-corrected chi connectivity index (χ3v) is 7.49. The molecule has 0 spiro atoms. The summed E-state index contributed by atoms with van der Waals surface area (Å²) in [6.45, 7) is 1.27. The number of halogens is 2. The zero-order chi connectivity index (χ0) is 26.5. The van der Waals surface area contributed by atoms with Crippen LogP contribution in [0.3, 0.4) is 0 Å². The molecule has 1 aliphatic heterocycles. The summed E-state index contributed by atoms with van der Waals surface area (Å²) >= 11 is 9.85. The molecule has 0 bridgehead atoms. The van der Waals surface area contributed by atoms with Crippen molar-refractivity contribution in [3.05, 3.63) is 77.2 Å². The van der Waals surface area contributed by atoms with E-state index in [1.165, 1.54) is 6.33 Å². The Hall–Kier alpha value is -3.43. The van der Waals surface area contributed by atoms with E-state index in [2.05, 4.69) is 36.2 Å². The largest absolute Gasteiger partial charge is 0.457 e. The lowest BCUT2D eigenvalue weighted by molar-refractivity contribution is -0.130. The van der Waals surface area contributed by atoms with Gasteiger partial charge < -0.3 is 19.9 Å². The van der Waals surface area contributed by atoms with Gasteiger partial charge in [-0.25, -0.2) is 9.97 Å². The average molecular weight is 597 g/mol. The Bertz CT molecular complexity index is 1450. The SMILES string of the molecule is O=C(c1ccc(Oc2ccccc2)cc1Cl)c1c[nH]c2ncnc(NCC3CCCCCN3C(=O)CBr)c12. The van der Waals surface area contributed by atoms with Crippen LogP contribution >= 0.6 is 27.5 Å². The highest BCUT2D eigenvalue weighted by Crippen LogP contribution is 2.31. The number of aromatic amines is 1. The van der Waals surface area contributed by atoms with Gasteiger partial charge in [0.05, 0.1) is 21.3 Å². The highest BCUT2D eigenvalue weighted by atomic mass is 79.9. The van der Waals surface area contributed by atoms with E-state index in [4.69, 9.17) is 16.3 Å². The zero-order valence-corrected chi connectivity index (χ0v) is 23.0. The van der Waals surface area contributed by atoms with Crippen LogP contribution in [-0.4, -0.2) is 56.0 Å². The molecule has 0 radical (unpaired) electrons. The van der Waals surface area contributed by atoms with Crippen molar-refractivity contribution in [2.45, 2.75) is 31.7 Å². The number of carbonyl (C=O) groups is 2. The van der Waals surface area contributed by atoms with Crippen LogP contribution in [0.4, 0.5) is 5.82 Å². The first-order chi connectivity index (χ1) is 18.5. The van der Waals surface area contributed by atoms with Gasteiger partial charge in [0.2, 0.25) is 5.91 Å². The molecule has 0 aliphatic carbocycles. The highest BCUT2D eigenvalue weighted by Gasteiger charge is 2.26. The summed E-state index contributed by atoms with van der Waals surface area (Å²) in [7, 11) is 0. The molecule has 1 saturated heterocycles. The third kappa shape index (κ3) is 5.68. The first kappa shape index (κ1) is 26.2. The van der Waals surface area contributed by atoms with Gasteiger partial charge in [-0.2, -0.15) is 0 Å². The van der Waals surface area contributed by atoms with Gasteiger partial charge in [-0.1, -0.05) is 58.6 Å². The van der Waals surface area contributed by atoms with Crippen LogP contribution in [0.1, 0.15) is 41.6 Å². The number of para-hydroxylation sites is 1. The fraction of sp³-hybridized carbons (Fsp3) is 0.286. The van der Waals surface area contributed by atoms with Gasteiger partial charge in [0.25, 0.3) is 0 Å². The van der Waals surface area contributed by atoms with E-state index in [1.54, 1.807) is 24.4 Å². The topological polar surface area (TPSA) is 100 Å². The number of hydrogen-bond acceptors (Lipinski definition) is 6. The van der Waals surface area contributed by atoms with E-state index in [0.29, 0.717) is 51.4 Å². The maximum atomic E-state index is 13.6. The van der Waals surface area contributed by atoms with Crippen molar-refractivity contribution < 1.29 is 14.3 Å². The predicted octanol–water partition coefficient (Wildman–Crippen LogP) is 6.21. The second-order valence-corrected chi connectivity index (χ2v) is 10.1. The molecule has 2 aromatic heterocycles. The molecular formula is C28H27BrClN5O3. The number of likely N-dealkylation sites (tertiary alicyclic amines) is 1. The van der Waals surface area contributed by atoms with E-state index in [1.807, 2.05) is 35.2 Å². The van der Waals surface area contributed by atoms with Crippen molar-refractivity contribution in [3.8, 4) is 11.5 Å². The lowest BCUT2D eigenvalue weighted by Gasteiger charge is -2.30. The molecule has 4 aromatic rings. The summed E-state index contributed by atoms with van der Waals surface area (Å²) in [5.41, 5.74) is 1.30. The van der Waals surface area contributed by atoms with Crippen LogP contribution in [0.5, 0.6) is 11.5 Å². The van der Waals surface area contributed by atoms with Gasteiger partial charge in [0, 0.05) is 37.0 Å². The standard InChI is InChI=1S/C28H27BrClN5O3/c29-14-24(36)35-12-6-2-3-7-18(35)15-31-27-25-22(16-32-28(25)34-17-33-27)26(37)21-11-10-20(13-23(21)30)38-19-8-4-1-5-9-19/h1,4-5,8-11,13,16-18H,2-3,6-7,12,14-15H2,(H2,31,32,33,34). The summed E-state index contributed by atoms with van der Waals surface area (Å²) in [6.07, 6.45) is 7.16. The van der Waals surface area contributed by atoms with E-state index in [0.717, 1.165) is 32.2 Å². The molecule has 2 aromatic carbocycles. The second-order valence-electron chi connectivity index (χ2n) is 9.14. The number of rotatable bonds is 8. The van der Waals surface area contributed by atoms with Crippen LogP contribution in [0, 0.1) is 0 Å². The number of nitrogens with zero attached hydrogens (tertiary/aromatic N) is 3. The lowest BCUT2D eigenvalue weighted by atomic mass is 10.0. The number of hydrogen-bond donors (Lipinski definition) is 2. The Balaban J connectivity index is 1.39. The summed E-state index contributed by atoms with van der Waals surface area (Å²) in [6, 6.07) is 14.4. The van der Waals surface area contributed by atoms with Crippen LogP contribution in [0.2, 0.25) is 5.02 Å². The van der Waals surface area contributed by atoms with Gasteiger partial charge in [-0.3, -0.25) is 9.59 Å². The molecule has 38 heavy (non-hydrogen) atoms. The maximum Gasteiger partial charge on any atom is 0.233 e. The van der Waals surface area contributed by atoms with Gasteiger partial charge in [-0.05, 0) is 37.1 Å². The first-order valence-corrected chi connectivity index (χ1v) is 14.0. The summed E-state index contributed by atoms with van der Waals surface area (Å²) < 4.78 is 5.84. The number of benzene rings is 2. The zero-order valence-electron chi connectivity index (χ0n) is 20.6. The monoisotopic (exact) mass is 595 g/mol. The van der Waals surface area contributed by atoms with E-state index >= 15 is 0 Å². The molecule has 3 heterocycles. The molecule has 1 amide bonds. The minimum absolute atomic E-state index is 0.0391. The molecule has 10 heteroatoms. The lowest BCUT2D eigenvalue weighted by Crippen LogP contribution is -2.44. The van der Waals surface area contributed by atoms with Crippen molar-refractivity contribution in [3.63, 3.8) is 0 Å². The maximum absolute atomic E-state index is 13.6. The Kier molecular flexibility index (Phi) is 8.24. The number of ether oxygens (including phenoxy) is 1.